The van der Waals surface area contributed by atoms with E-state index >= 15 is 0 Å². The highest BCUT2D eigenvalue weighted by Gasteiger charge is 2.33. The minimum Gasteiger partial charge on any atom is -0.421 e. The molecule has 31 heavy (non-hydrogen) atoms. The molecule has 1 atom stereocenters. The van der Waals surface area contributed by atoms with E-state index < -0.39 is 17.4 Å². The molecule has 1 aromatic heterocycles. The molecule has 0 aliphatic rings. The van der Waals surface area contributed by atoms with Gasteiger partial charge in [0.05, 0.1) is 23.0 Å². The minimum absolute atomic E-state index is 0.0934. The van der Waals surface area contributed by atoms with Gasteiger partial charge in [-0.1, -0.05) is 17.1 Å². The quantitative estimate of drug-likeness (QED) is 0.295. The molecule has 2 aromatic carbocycles. The number of benzene rings is 2. The number of nitro groups is 2. The summed E-state index contributed by atoms with van der Waals surface area (Å²) in [7, 11) is -0.953. The number of nitrogens with zero attached hydrogens (tertiary/aromatic N) is 4. The molecule has 0 bridgehead atoms. The molecule has 0 saturated carbocycles. The Hall–Kier alpha value is -3.76. The number of para-hydroxylation sites is 1. The smallest absolute Gasteiger partial charge is 0.421 e. The standard InChI is InChI=1S/C18H18N5O7P/c1-19-16-5-3-4-6-17(16)31(28,30-15-9-7-13(8-10-15)22(24)25)29-12-14-11-20-18(21(14)2)23(26)27/h3-11,19H,12H2,1-2H3. The van der Waals surface area contributed by atoms with Crippen molar-refractivity contribution in [1.82, 2.24) is 9.55 Å². The normalized spacial score (nSPS) is 12.7. The predicted octanol–water partition coefficient (Wildman–Crippen LogP) is 3.39. The number of aromatic nitrogens is 2. The number of non-ortho nitro benzene ring substituents is 1. The SMILES string of the molecule is CNc1ccccc1P(=O)(OCc1cnc([N+](=O)[O-])n1C)Oc1ccc([N+](=O)[O-])cc1. The summed E-state index contributed by atoms with van der Waals surface area (Å²) in [5, 5.41) is 25.0. The summed E-state index contributed by atoms with van der Waals surface area (Å²) >= 11 is 0. The van der Waals surface area contributed by atoms with E-state index in [2.05, 4.69) is 10.3 Å². The van der Waals surface area contributed by atoms with Crippen LogP contribution in [0, 0.1) is 20.2 Å². The largest absolute Gasteiger partial charge is 0.434 e. The van der Waals surface area contributed by atoms with Crippen molar-refractivity contribution in [3.63, 3.8) is 0 Å². The summed E-state index contributed by atoms with van der Waals surface area (Å²) < 4.78 is 26.4. The second kappa shape index (κ2) is 8.94. The summed E-state index contributed by atoms with van der Waals surface area (Å²) in [6, 6.07) is 11.7. The third kappa shape index (κ3) is 4.71. The van der Waals surface area contributed by atoms with Crippen molar-refractivity contribution in [1.29, 1.82) is 0 Å². The first-order valence-electron chi connectivity index (χ1n) is 8.86. The Labute approximate surface area is 176 Å². The molecule has 1 heterocycles. The number of hydrogen-bond acceptors (Lipinski definition) is 9. The second-order valence-electron chi connectivity index (χ2n) is 6.25. The number of anilines is 1. The molecule has 3 rings (SSSR count). The zero-order valence-corrected chi connectivity index (χ0v) is 17.4. The van der Waals surface area contributed by atoms with E-state index in [-0.39, 0.29) is 29.3 Å². The van der Waals surface area contributed by atoms with E-state index in [4.69, 9.17) is 9.05 Å². The Balaban J connectivity index is 1.95. The van der Waals surface area contributed by atoms with Crippen molar-refractivity contribution in [2.24, 2.45) is 7.05 Å². The lowest BCUT2D eigenvalue weighted by molar-refractivity contribution is -0.396. The number of rotatable bonds is 9. The van der Waals surface area contributed by atoms with Crippen molar-refractivity contribution in [3.05, 3.63) is 80.7 Å². The lowest BCUT2D eigenvalue weighted by Crippen LogP contribution is -2.17. The highest BCUT2D eigenvalue weighted by molar-refractivity contribution is 7.63. The van der Waals surface area contributed by atoms with Crippen LogP contribution in [0.15, 0.2) is 54.7 Å². The van der Waals surface area contributed by atoms with Crippen molar-refractivity contribution in [2.75, 3.05) is 12.4 Å². The average molecular weight is 447 g/mol. The Morgan fingerprint density at radius 2 is 1.77 bits per heavy atom. The van der Waals surface area contributed by atoms with Gasteiger partial charge < -0.3 is 20.0 Å². The first kappa shape index (κ1) is 21.9. The Bertz CT molecular complexity index is 1160. The van der Waals surface area contributed by atoms with Crippen molar-refractivity contribution >= 4 is 30.2 Å². The van der Waals surface area contributed by atoms with Gasteiger partial charge in [-0.15, -0.1) is 0 Å². The molecule has 12 nitrogen and oxygen atoms in total. The highest BCUT2D eigenvalue weighted by atomic mass is 31.2. The Kier molecular flexibility index (Phi) is 6.33. The fourth-order valence-corrected chi connectivity index (χ4v) is 4.47. The topological polar surface area (TPSA) is 152 Å². The summed E-state index contributed by atoms with van der Waals surface area (Å²) in [6.45, 7) is -0.292. The average Bonchev–Trinajstić information content (AvgIpc) is 3.13. The van der Waals surface area contributed by atoms with E-state index in [1.165, 1.54) is 42.1 Å². The van der Waals surface area contributed by atoms with Crippen LogP contribution < -0.4 is 15.1 Å². The van der Waals surface area contributed by atoms with Crippen LogP contribution in [0.5, 0.6) is 5.75 Å². The molecular formula is C18H18N5O7P. The van der Waals surface area contributed by atoms with E-state index in [0.29, 0.717) is 11.4 Å². The molecule has 0 saturated heterocycles. The lowest BCUT2D eigenvalue weighted by Gasteiger charge is -2.21. The third-order valence-electron chi connectivity index (χ3n) is 4.35. The van der Waals surface area contributed by atoms with E-state index in [0.717, 1.165) is 0 Å². The van der Waals surface area contributed by atoms with Gasteiger partial charge in [-0.2, -0.15) is 0 Å². The maximum atomic E-state index is 13.8. The van der Waals surface area contributed by atoms with Gasteiger partial charge in [0.25, 0.3) is 5.69 Å². The maximum Gasteiger partial charge on any atom is 0.434 e. The van der Waals surface area contributed by atoms with Crippen LogP contribution in [0.25, 0.3) is 0 Å². The van der Waals surface area contributed by atoms with Crippen LogP contribution in [-0.2, 0) is 22.7 Å². The minimum atomic E-state index is -4.03. The number of nitrogens with one attached hydrogen (secondary N) is 1. The van der Waals surface area contributed by atoms with Crippen LogP contribution in [0.2, 0.25) is 0 Å². The van der Waals surface area contributed by atoms with Gasteiger partial charge >= 0.3 is 13.5 Å². The fourth-order valence-electron chi connectivity index (χ4n) is 2.73. The van der Waals surface area contributed by atoms with Crippen LogP contribution in [0.4, 0.5) is 17.3 Å². The molecule has 162 valence electrons. The zero-order chi connectivity index (χ0) is 22.6. The molecule has 0 aliphatic heterocycles. The number of nitro benzene ring substituents is 1. The zero-order valence-electron chi connectivity index (χ0n) is 16.5. The first-order valence-corrected chi connectivity index (χ1v) is 10.4. The molecular weight excluding hydrogens is 429 g/mol. The monoisotopic (exact) mass is 447 g/mol. The highest BCUT2D eigenvalue weighted by Crippen LogP contribution is 2.50. The molecule has 1 N–H and O–H groups in total. The number of imidazole rings is 1. The molecule has 0 fully saturated rings. The van der Waals surface area contributed by atoms with Crippen LogP contribution in [0.1, 0.15) is 5.69 Å². The van der Waals surface area contributed by atoms with Gasteiger partial charge in [0.2, 0.25) is 0 Å². The van der Waals surface area contributed by atoms with Gasteiger partial charge in [0.15, 0.2) is 0 Å². The first-order chi connectivity index (χ1) is 14.7. The summed E-state index contributed by atoms with van der Waals surface area (Å²) in [4.78, 5) is 24.4. The molecule has 13 heteroatoms. The molecule has 0 radical (unpaired) electrons. The summed E-state index contributed by atoms with van der Waals surface area (Å²) in [6.07, 6.45) is 1.25. The van der Waals surface area contributed by atoms with Crippen molar-refractivity contribution < 1.29 is 23.5 Å². The van der Waals surface area contributed by atoms with Gasteiger partial charge in [0, 0.05) is 19.2 Å². The van der Waals surface area contributed by atoms with Gasteiger partial charge in [-0.3, -0.25) is 14.6 Å². The van der Waals surface area contributed by atoms with E-state index in [9.17, 15) is 24.8 Å². The van der Waals surface area contributed by atoms with E-state index in [1.807, 2.05) is 0 Å². The molecule has 1 unspecified atom stereocenters. The second-order valence-corrected chi connectivity index (χ2v) is 8.16. The van der Waals surface area contributed by atoms with Crippen LogP contribution in [-0.4, -0.2) is 26.4 Å². The van der Waals surface area contributed by atoms with E-state index in [1.54, 1.807) is 31.3 Å². The molecule has 3 aromatic rings. The lowest BCUT2D eigenvalue weighted by atomic mass is 10.3. The predicted molar refractivity (Wildman–Crippen MR) is 112 cm³/mol. The molecule has 0 amide bonds. The number of hydrogen-bond donors (Lipinski definition) is 1. The van der Waals surface area contributed by atoms with Gasteiger partial charge in [0.1, 0.15) is 24.2 Å². The van der Waals surface area contributed by atoms with Crippen LogP contribution in [0.3, 0.4) is 0 Å². The summed E-state index contributed by atoms with van der Waals surface area (Å²) in [5.74, 6) is -0.295. The Morgan fingerprint density at radius 1 is 1.10 bits per heavy atom. The van der Waals surface area contributed by atoms with Crippen molar-refractivity contribution in [3.8, 4) is 5.75 Å². The summed E-state index contributed by atoms with van der Waals surface area (Å²) in [5.41, 5.74) is 0.644. The maximum absolute atomic E-state index is 13.8. The fraction of sp³-hybridized carbons (Fsp3) is 0.167. The van der Waals surface area contributed by atoms with Crippen molar-refractivity contribution in [2.45, 2.75) is 6.61 Å². The van der Waals surface area contributed by atoms with Crippen LogP contribution >= 0.6 is 7.60 Å². The van der Waals surface area contributed by atoms with Gasteiger partial charge in [-0.25, -0.2) is 9.13 Å². The third-order valence-corrected chi connectivity index (χ3v) is 6.25. The molecule has 0 spiro atoms. The van der Waals surface area contributed by atoms with Gasteiger partial charge in [-0.05, 0) is 29.2 Å². The molecule has 0 aliphatic carbocycles. The Morgan fingerprint density at radius 3 is 2.35 bits per heavy atom.